The van der Waals surface area contributed by atoms with E-state index in [2.05, 4.69) is 17.2 Å². The van der Waals surface area contributed by atoms with Gasteiger partial charge in [-0.15, -0.1) is 6.58 Å². The van der Waals surface area contributed by atoms with E-state index < -0.39 is 6.03 Å². The Morgan fingerprint density at radius 2 is 2.12 bits per heavy atom. The van der Waals surface area contributed by atoms with Crippen molar-refractivity contribution in [3.63, 3.8) is 0 Å². The van der Waals surface area contributed by atoms with Crippen LogP contribution in [0.15, 0.2) is 12.7 Å². The predicted octanol–water partition coefficient (Wildman–Crippen LogP) is -0.297. The van der Waals surface area contributed by atoms with Crippen molar-refractivity contribution >= 4 is 11.9 Å². The van der Waals surface area contributed by atoms with Crippen LogP contribution in [0.4, 0.5) is 4.79 Å². The van der Waals surface area contributed by atoms with Crippen LogP contribution in [0, 0.1) is 0 Å². The van der Waals surface area contributed by atoms with Crippen molar-refractivity contribution in [3.05, 3.63) is 12.7 Å². The van der Waals surface area contributed by atoms with Gasteiger partial charge in [0.1, 0.15) is 0 Å². The van der Waals surface area contributed by atoms with Crippen molar-refractivity contribution in [2.75, 3.05) is 32.8 Å². The lowest BCUT2D eigenvalue weighted by molar-refractivity contribution is -0.121. The molecule has 0 aliphatic heterocycles. The molecule has 0 aliphatic carbocycles. The number of carbonyl (C=O) groups excluding carboxylic acids is 2. The van der Waals surface area contributed by atoms with E-state index in [1.807, 2.05) is 6.92 Å². The van der Waals surface area contributed by atoms with Crippen molar-refractivity contribution < 1.29 is 14.7 Å². The highest BCUT2D eigenvalue weighted by Crippen LogP contribution is 1.90. The predicted molar refractivity (Wildman–Crippen MR) is 65.6 cm³/mol. The third kappa shape index (κ3) is 8.41. The number of aliphatic hydroxyl groups excluding tert-OH is 1. The average molecular weight is 243 g/mol. The Balaban J connectivity index is 3.95. The first-order valence-electron chi connectivity index (χ1n) is 5.65. The Bertz CT molecular complexity index is 250. The van der Waals surface area contributed by atoms with Gasteiger partial charge in [-0.05, 0) is 13.0 Å². The van der Waals surface area contributed by atoms with Crippen molar-refractivity contribution in [1.29, 1.82) is 0 Å². The second-order valence-electron chi connectivity index (χ2n) is 3.55. The molecule has 0 rings (SSSR count). The summed E-state index contributed by atoms with van der Waals surface area (Å²) in [6, 6.07) is -0.532. The van der Waals surface area contributed by atoms with Gasteiger partial charge in [0, 0.05) is 13.1 Å². The molecule has 3 amide bonds. The van der Waals surface area contributed by atoms with Gasteiger partial charge in [0.05, 0.1) is 13.2 Å². The molecule has 0 heterocycles. The van der Waals surface area contributed by atoms with Gasteiger partial charge in [0.2, 0.25) is 5.91 Å². The molecule has 98 valence electrons. The summed E-state index contributed by atoms with van der Waals surface area (Å²) in [5, 5.41) is 13.5. The fourth-order valence-corrected chi connectivity index (χ4v) is 1.31. The first-order valence-corrected chi connectivity index (χ1v) is 5.65. The standard InChI is InChI=1S/C11H21N3O3/c1-3-5-12-11(17)13-10(16)9-14(6-4-2)7-8-15/h3,15H,1,4-9H2,2H3,(H2,12,13,16,17). The van der Waals surface area contributed by atoms with E-state index in [4.69, 9.17) is 5.11 Å². The number of rotatable bonds is 8. The molecule has 6 nitrogen and oxygen atoms in total. The molecule has 0 fully saturated rings. The minimum atomic E-state index is -0.532. The minimum absolute atomic E-state index is 0.00403. The monoisotopic (exact) mass is 243 g/mol. The van der Waals surface area contributed by atoms with Crippen LogP contribution >= 0.6 is 0 Å². The molecule has 0 radical (unpaired) electrons. The van der Waals surface area contributed by atoms with Crippen LogP contribution in [-0.2, 0) is 4.79 Å². The SMILES string of the molecule is C=CCNC(=O)NC(=O)CN(CCC)CCO. The van der Waals surface area contributed by atoms with Gasteiger partial charge in [-0.1, -0.05) is 13.0 Å². The van der Waals surface area contributed by atoms with Crippen LogP contribution in [0.5, 0.6) is 0 Å². The molecule has 6 heteroatoms. The zero-order chi connectivity index (χ0) is 13.1. The van der Waals surface area contributed by atoms with Gasteiger partial charge in [0.25, 0.3) is 0 Å². The Morgan fingerprint density at radius 1 is 1.41 bits per heavy atom. The van der Waals surface area contributed by atoms with Gasteiger partial charge in [0.15, 0.2) is 0 Å². The zero-order valence-electron chi connectivity index (χ0n) is 10.2. The molecule has 0 aromatic heterocycles. The van der Waals surface area contributed by atoms with Gasteiger partial charge in [-0.2, -0.15) is 0 Å². The molecule has 0 aliphatic rings. The molecule has 0 aromatic rings. The molecule has 0 spiro atoms. The van der Waals surface area contributed by atoms with Crippen molar-refractivity contribution in [2.45, 2.75) is 13.3 Å². The molecule has 17 heavy (non-hydrogen) atoms. The molecular formula is C11H21N3O3. The lowest BCUT2D eigenvalue weighted by Gasteiger charge is -2.19. The largest absolute Gasteiger partial charge is 0.395 e. The highest BCUT2D eigenvalue weighted by atomic mass is 16.3. The molecule has 0 atom stereocenters. The summed E-state index contributed by atoms with van der Waals surface area (Å²) in [5.41, 5.74) is 0. The second-order valence-corrected chi connectivity index (χ2v) is 3.55. The first-order chi connectivity index (χ1) is 8.13. The number of aliphatic hydroxyl groups is 1. The number of hydrogen-bond acceptors (Lipinski definition) is 4. The van der Waals surface area contributed by atoms with E-state index in [1.165, 1.54) is 6.08 Å². The van der Waals surface area contributed by atoms with E-state index in [1.54, 1.807) is 4.90 Å². The Kier molecular flexibility index (Phi) is 8.99. The van der Waals surface area contributed by atoms with Gasteiger partial charge >= 0.3 is 6.03 Å². The Labute approximate surface area is 102 Å². The van der Waals surface area contributed by atoms with Crippen molar-refractivity contribution in [1.82, 2.24) is 15.5 Å². The van der Waals surface area contributed by atoms with Gasteiger partial charge < -0.3 is 10.4 Å². The smallest absolute Gasteiger partial charge is 0.321 e. The molecule has 0 unspecified atom stereocenters. The summed E-state index contributed by atoms with van der Waals surface area (Å²) in [5.74, 6) is -0.381. The molecule has 3 N–H and O–H groups in total. The third-order valence-corrected chi connectivity index (χ3v) is 1.98. The lowest BCUT2D eigenvalue weighted by Crippen LogP contribution is -2.45. The number of imide groups is 1. The van der Waals surface area contributed by atoms with Crippen LogP contribution in [-0.4, -0.2) is 54.7 Å². The molecule has 0 saturated carbocycles. The van der Waals surface area contributed by atoms with Gasteiger partial charge in [-0.3, -0.25) is 15.0 Å². The summed E-state index contributed by atoms with van der Waals surface area (Å²) in [6.07, 6.45) is 2.41. The number of amides is 3. The summed E-state index contributed by atoms with van der Waals surface area (Å²) in [6.45, 7) is 6.98. The molecular weight excluding hydrogens is 222 g/mol. The second kappa shape index (κ2) is 9.80. The highest BCUT2D eigenvalue weighted by Gasteiger charge is 2.11. The molecule has 0 bridgehead atoms. The quantitative estimate of drug-likeness (QED) is 0.511. The maximum absolute atomic E-state index is 11.5. The summed E-state index contributed by atoms with van der Waals surface area (Å²) in [7, 11) is 0. The zero-order valence-corrected chi connectivity index (χ0v) is 10.2. The topological polar surface area (TPSA) is 81.7 Å². The minimum Gasteiger partial charge on any atom is -0.395 e. The number of carbonyl (C=O) groups is 2. The highest BCUT2D eigenvalue weighted by molar-refractivity contribution is 5.95. The number of urea groups is 1. The average Bonchev–Trinajstić information content (AvgIpc) is 2.26. The first kappa shape index (κ1) is 15.6. The fraction of sp³-hybridized carbons (Fsp3) is 0.636. The summed E-state index contributed by atoms with van der Waals surface area (Å²) >= 11 is 0. The fourth-order valence-electron chi connectivity index (χ4n) is 1.31. The van der Waals surface area contributed by atoms with Crippen LogP contribution in [0.25, 0.3) is 0 Å². The van der Waals surface area contributed by atoms with E-state index in [0.29, 0.717) is 19.6 Å². The number of nitrogens with zero attached hydrogens (tertiary/aromatic N) is 1. The van der Waals surface area contributed by atoms with Crippen LogP contribution in [0.3, 0.4) is 0 Å². The third-order valence-electron chi connectivity index (χ3n) is 1.98. The lowest BCUT2D eigenvalue weighted by atomic mass is 10.4. The molecule has 0 aromatic carbocycles. The van der Waals surface area contributed by atoms with E-state index in [0.717, 1.165) is 6.42 Å². The maximum Gasteiger partial charge on any atom is 0.321 e. The van der Waals surface area contributed by atoms with Gasteiger partial charge in [-0.25, -0.2) is 4.79 Å². The Morgan fingerprint density at radius 3 is 2.65 bits per heavy atom. The van der Waals surface area contributed by atoms with E-state index in [-0.39, 0.29) is 19.1 Å². The number of nitrogens with one attached hydrogen (secondary N) is 2. The normalized spacial score (nSPS) is 10.1. The van der Waals surface area contributed by atoms with Crippen molar-refractivity contribution in [3.8, 4) is 0 Å². The summed E-state index contributed by atoms with van der Waals surface area (Å²) < 4.78 is 0. The van der Waals surface area contributed by atoms with Crippen LogP contribution in [0.1, 0.15) is 13.3 Å². The van der Waals surface area contributed by atoms with E-state index in [9.17, 15) is 9.59 Å². The number of hydrogen-bond donors (Lipinski definition) is 3. The van der Waals surface area contributed by atoms with Crippen molar-refractivity contribution in [2.24, 2.45) is 0 Å². The maximum atomic E-state index is 11.5. The Hall–Kier alpha value is -1.40. The van der Waals surface area contributed by atoms with E-state index >= 15 is 0 Å². The van der Waals surface area contributed by atoms with Crippen LogP contribution < -0.4 is 10.6 Å². The van der Waals surface area contributed by atoms with Crippen LogP contribution in [0.2, 0.25) is 0 Å². The summed E-state index contributed by atoms with van der Waals surface area (Å²) in [4.78, 5) is 24.4. The molecule has 0 saturated heterocycles.